The third-order valence-electron chi connectivity index (χ3n) is 6.46. The van der Waals surface area contributed by atoms with Gasteiger partial charge in [-0.3, -0.25) is 9.48 Å². The number of anilines is 2. The quantitative estimate of drug-likeness (QED) is 0.288. The summed E-state index contributed by atoms with van der Waals surface area (Å²) >= 11 is 0. The number of aryl methyl sites for hydroxylation is 2. The van der Waals surface area contributed by atoms with Gasteiger partial charge >= 0.3 is 0 Å². The van der Waals surface area contributed by atoms with Gasteiger partial charge in [0.1, 0.15) is 12.1 Å². The molecule has 1 N–H and O–H groups in total. The van der Waals surface area contributed by atoms with E-state index in [-0.39, 0.29) is 35.3 Å². The van der Waals surface area contributed by atoms with E-state index in [2.05, 4.69) is 35.5 Å². The first-order chi connectivity index (χ1) is 17.7. The van der Waals surface area contributed by atoms with Gasteiger partial charge in [0.25, 0.3) is 5.89 Å². The molecule has 0 aliphatic heterocycles. The Morgan fingerprint density at radius 3 is 2.78 bits per heavy atom. The molecule has 1 aliphatic carbocycles. The number of hydrogen-bond donors (Lipinski definition) is 1. The third kappa shape index (κ3) is 5.40. The predicted molar refractivity (Wildman–Crippen MR) is 134 cm³/mol. The molecule has 192 valence electrons. The average molecular weight is 505 g/mol. The first-order valence-corrected chi connectivity index (χ1v) is 12.3. The molecule has 0 saturated heterocycles. The van der Waals surface area contributed by atoms with E-state index in [1.165, 1.54) is 12.4 Å². The maximum absolute atomic E-state index is 15.5. The second-order valence-corrected chi connectivity index (χ2v) is 10.4. The molecule has 0 amide bonds. The molecule has 0 unspecified atom stereocenters. The topological polar surface area (TPSA) is 125 Å². The smallest absolute Gasteiger partial charge is 0.294 e. The summed E-state index contributed by atoms with van der Waals surface area (Å²) in [5.41, 5.74) is 2.53. The molecule has 0 spiro atoms. The Balaban J connectivity index is 1.40. The van der Waals surface area contributed by atoms with Crippen molar-refractivity contribution in [2.24, 2.45) is 7.05 Å². The fourth-order valence-electron chi connectivity index (χ4n) is 4.53. The summed E-state index contributed by atoms with van der Waals surface area (Å²) in [6.45, 7) is 5.87. The lowest BCUT2D eigenvalue weighted by Crippen LogP contribution is -2.14. The predicted octanol–water partition coefficient (Wildman–Crippen LogP) is 4.92. The molecule has 37 heavy (non-hydrogen) atoms. The first-order valence-electron chi connectivity index (χ1n) is 12.3. The molecule has 0 radical (unpaired) electrons. The Bertz CT molecular complexity index is 1440. The fraction of sp³-hybridized carbons (Fsp3) is 0.423. The minimum absolute atomic E-state index is 0.00615. The minimum Gasteiger partial charge on any atom is -0.331 e. The maximum Gasteiger partial charge on any atom is 0.294 e. The Morgan fingerprint density at radius 2 is 2.05 bits per heavy atom. The van der Waals surface area contributed by atoms with Crippen molar-refractivity contribution in [3.05, 3.63) is 59.5 Å². The van der Waals surface area contributed by atoms with E-state index < -0.39 is 5.82 Å². The van der Waals surface area contributed by atoms with E-state index in [1.807, 2.05) is 20.8 Å². The van der Waals surface area contributed by atoms with Crippen molar-refractivity contribution >= 4 is 17.4 Å². The summed E-state index contributed by atoms with van der Waals surface area (Å²) in [7, 11) is 1.81. The Morgan fingerprint density at radius 1 is 1.22 bits per heavy atom. The zero-order valence-electron chi connectivity index (χ0n) is 21.3. The van der Waals surface area contributed by atoms with Crippen molar-refractivity contribution in [3.8, 4) is 11.4 Å². The lowest BCUT2D eigenvalue weighted by atomic mass is 9.87. The van der Waals surface area contributed by atoms with E-state index in [0.717, 1.165) is 36.8 Å². The second kappa shape index (κ2) is 9.79. The van der Waals surface area contributed by atoms with Crippen molar-refractivity contribution in [3.63, 3.8) is 0 Å². The number of benzene rings is 1. The maximum atomic E-state index is 15.5. The standard InChI is InChI=1S/C26H29FN8O2/c1-26(2,3)24-33-23(37-34-24)21(36)10-16-8-6-5-7-15-9-19(20(27)11-18(15)16)22-28-14-29-25(32-22)31-17-12-30-35(4)13-17/h9,11-14,16H,5-8,10H2,1-4H3,(H,28,29,31,32)/t16-/m0/s1. The largest absolute Gasteiger partial charge is 0.331 e. The Hall–Kier alpha value is -4.02. The van der Waals surface area contributed by atoms with Crippen LogP contribution in [0.5, 0.6) is 0 Å². The van der Waals surface area contributed by atoms with Crippen LogP contribution in [-0.4, -0.2) is 40.7 Å². The Labute approximate surface area is 213 Å². The van der Waals surface area contributed by atoms with Crippen LogP contribution in [-0.2, 0) is 18.9 Å². The van der Waals surface area contributed by atoms with Crippen LogP contribution in [0, 0.1) is 5.82 Å². The number of nitrogens with zero attached hydrogens (tertiary/aromatic N) is 7. The highest BCUT2D eigenvalue weighted by atomic mass is 19.1. The van der Waals surface area contributed by atoms with Gasteiger partial charge in [-0.25, -0.2) is 14.4 Å². The van der Waals surface area contributed by atoms with E-state index in [1.54, 1.807) is 30.2 Å². The van der Waals surface area contributed by atoms with Crippen molar-refractivity contribution in [2.75, 3.05) is 5.32 Å². The summed E-state index contributed by atoms with van der Waals surface area (Å²) in [4.78, 5) is 30.1. The summed E-state index contributed by atoms with van der Waals surface area (Å²) in [6, 6.07) is 3.33. The van der Waals surface area contributed by atoms with Gasteiger partial charge in [0.2, 0.25) is 11.7 Å². The summed E-state index contributed by atoms with van der Waals surface area (Å²) < 4.78 is 22.4. The highest BCUT2D eigenvalue weighted by molar-refractivity contribution is 5.92. The van der Waals surface area contributed by atoms with Gasteiger partial charge in [-0.15, -0.1) is 0 Å². The summed E-state index contributed by atoms with van der Waals surface area (Å²) in [6.07, 6.45) is 8.41. The Kier molecular flexibility index (Phi) is 6.53. The monoisotopic (exact) mass is 504 g/mol. The number of carbonyl (C=O) groups excluding carboxylic acids is 1. The highest BCUT2D eigenvalue weighted by Crippen LogP contribution is 2.37. The van der Waals surface area contributed by atoms with Crippen LogP contribution in [0.2, 0.25) is 0 Å². The number of Topliss-reactive ketones (excluding diaryl/α,β-unsaturated/α-hetero) is 1. The van der Waals surface area contributed by atoms with Gasteiger partial charge in [-0.2, -0.15) is 15.1 Å². The zero-order chi connectivity index (χ0) is 26.2. The molecule has 3 heterocycles. The second-order valence-electron chi connectivity index (χ2n) is 10.4. The first kappa shape index (κ1) is 24.7. The molecule has 11 heteroatoms. The minimum atomic E-state index is -0.440. The van der Waals surface area contributed by atoms with Crippen molar-refractivity contribution < 1.29 is 13.7 Å². The average Bonchev–Trinajstić information content (AvgIpc) is 3.47. The van der Waals surface area contributed by atoms with Crippen LogP contribution >= 0.6 is 0 Å². The number of ketones is 1. The zero-order valence-corrected chi connectivity index (χ0v) is 21.3. The lowest BCUT2D eigenvalue weighted by molar-refractivity contribution is 0.0929. The molecule has 4 aromatic rings. The molecule has 0 saturated carbocycles. The van der Waals surface area contributed by atoms with Crippen LogP contribution in [0.1, 0.15) is 80.0 Å². The lowest BCUT2D eigenvalue weighted by Gasteiger charge is -2.18. The van der Waals surface area contributed by atoms with Crippen molar-refractivity contribution in [1.29, 1.82) is 0 Å². The highest BCUT2D eigenvalue weighted by Gasteiger charge is 2.28. The molecule has 0 fully saturated rings. The van der Waals surface area contributed by atoms with Crippen molar-refractivity contribution in [1.82, 2.24) is 34.9 Å². The van der Waals surface area contributed by atoms with Crippen LogP contribution in [0.25, 0.3) is 11.4 Å². The van der Waals surface area contributed by atoms with Gasteiger partial charge in [0.05, 0.1) is 17.4 Å². The van der Waals surface area contributed by atoms with Gasteiger partial charge in [0, 0.05) is 25.1 Å². The van der Waals surface area contributed by atoms with Gasteiger partial charge in [0.15, 0.2) is 11.6 Å². The molecular weight excluding hydrogens is 475 g/mol. The van der Waals surface area contributed by atoms with E-state index in [0.29, 0.717) is 23.0 Å². The number of halogens is 1. The number of nitrogens with one attached hydrogen (secondary N) is 1. The summed E-state index contributed by atoms with van der Waals surface area (Å²) in [5.74, 6) is 0.219. The van der Waals surface area contributed by atoms with Gasteiger partial charge in [-0.05, 0) is 48.4 Å². The third-order valence-corrected chi connectivity index (χ3v) is 6.46. The van der Waals surface area contributed by atoms with Crippen LogP contribution < -0.4 is 5.32 Å². The van der Waals surface area contributed by atoms with Gasteiger partial charge < -0.3 is 9.84 Å². The molecular formula is C26H29FN8O2. The van der Waals surface area contributed by atoms with E-state index >= 15 is 4.39 Å². The molecule has 10 nitrogen and oxygen atoms in total. The molecule has 0 bridgehead atoms. The fourth-order valence-corrected chi connectivity index (χ4v) is 4.53. The van der Waals surface area contributed by atoms with Crippen LogP contribution in [0.3, 0.4) is 0 Å². The van der Waals surface area contributed by atoms with Crippen LogP contribution in [0.4, 0.5) is 16.0 Å². The number of rotatable bonds is 6. The van der Waals surface area contributed by atoms with E-state index in [9.17, 15) is 4.79 Å². The number of aromatic nitrogens is 7. The number of carbonyl (C=O) groups is 1. The molecule has 1 aliphatic rings. The van der Waals surface area contributed by atoms with Gasteiger partial charge in [-0.1, -0.05) is 32.3 Å². The number of fused-ring (bicyclic) bond motifs is 1. The molecule has 3 aromatic heterocycles. The summed E-state index contributed by atoms with van der Waals surface area (Å²) in [5, 5.41) is 11.1. The molecule has 5 rings (SSSR count). The number of hydrogen-bond acceptors (Lipinski definition) is 9. The molecule has 1 aromatic carbocycles. The normalized spacial score (nSPS) is 15.8. The molecule has 1 atom stereocenters. The SMILES string of the molecule is Cn1cc(Nc2ncnc(-c3cc4c(cc3F)[C@H](CC(=O)c3nc(C(C)(C)C)no3)CCCC4)n2)cn1. The van der Waals surface area contributed by atoms with Crippen molar-refractivity contribution in [2.45, 2.75) is 64.2 Å². The van der Waals surface area contributed by atoms with E-state index in [4.69, 9.17) is 4.52 Å². The van der Waals surface area contributed by atoms with Crippen LogP contribution in [0.15, 0.2) is 35.4 Å².